The highest BCUT2D eigenvalue weighted by molar-refractivity contribution is 5.94. The lowest BCUT2D eigenvalue weighted by molar-refractivity contribution is 0.0690. The number of amides is 1. The van der Waals surface area contributed by atoms with E-state index in [2.05, 4.69) is 61.2 Å². The van der Waals surface area contributed by atoms with Gasteiger partial charge in [-0.15, -0.1) is 0 Å². The van der Waals surface area contributed by atoms with Crippen molar-refractivity contribution in [2.24, 2.45) is 5.92 Å². The molecule has 1 fully saturated rings. The predicted octanol–water partition coefficient (Wildman–Crippen LogP) is 4.62. The second kappa shape index (κ2) is 9.70. The van der Waals surface area contributed by atoms with Crippen LogP contribution in [0, 0.1) is 5.92 Å². The fourth-order valence-corrected chi connectivity index (χ4v) is 3.93. The van der Waals surface area contributed by atoms with Crippen molar-refractivity contribution in [3.05, 3.63) is 71.3 Å². The first-order valence-corrected chi connectivity index (χ1v) is 10.3. The van der Waals surface area contributed by atoms with Gasteiger partial charge in [0.25, 0.3) is 5.91 Å². The molecule has 0 radical (unpaired) electrons. The van der Waals surface area contributed by atoms with Crippen molar-refractivity contribution in [1.82, 2.24) is 9.80 Å². The van der Waals surface area contributed by atoms with Crippen molar-refractivity contribution in [3.63, 3.8) is 0 Å². The van der Waals surface area contributed by atoms with Gasteiger partial charge in [0.1, 0.15) is 0 Å². The van der Waals surface area contributed by atoms with E-state index in [-0.39, 0.29) is 5.91 Å². The van der Waals surface area contributed by atoms with Gasteiger partial charge in [-0.3, -0.25) is 9.69 Å². The maximum Gasteiger partial charge on any atom is 0.253 e. The van der Waals surface area contributed by atoms with Crippen molar-refractivity contribution in [2.45, 2.75) is 39.7 Å². The normalized spacial score (nSPS) is 15.3. The van der Waals surface area contributed by atoms with Crippen LogP contribution in [0.15, 0.2) is 54.6 Å². The van der Waals surface area contributed by atoms with E-state index in [0.29, 0.717) is 5.92 Å². The Balaban J connectivity index is 1.51. The van der Waals surface area contributed by atoms with Crippen LogP contribution < -0.4 is 0 Å². The first-order valence-electron chi connectivity index (χ1n) is 10.3. The Morgan fingerprint density at radius 1 is 0.926 bits per heavy atom. The van der Waals surface area contributed by atoms with E-state index in [4.69, 9.17) is 0 Å². The number of hydrogen-bond acceptors (Lipinski definition) is 2. The summed E-state index contributed by atoms with van der Waals surface area (Å²) in [5.41, 5.74) is 3.50. The van der Waals surface area contributed by atoms with E-state index in [1.807, 2.05) is 17.0 Å². The van der Waals surface area contributed by atoms with Gasteiger partial charge in [0, 0.05) is 25.2 Å². The Morgan fingerprint density at radius 2 is 1.56 bits per heavy atom. The zero-order valence-corrected chi connectivity index (χ0v) is 16.7. The molecule has 2 aromatic rings. The monoisotopic (exact) mass is 364 g/mol. The molecule has 1 heterocycles. The van der Waals surface area contributed by atoms with Gasteiger partial charge in [0.15, 0.2) is 0 Å². The average molecular weight is 365 g/mol. The Morgan fingerprint density at radius 3 is 2.15 bits per heavy atom. The molecule has 1 aliphatic rings. The molecule has 1 amide bonds. The van der Waals surface area contributed by atoms with E-state index in [1.165, 1.54) is 11.1 Å². The molecule has 0 bridgehead atoms. The second-order valence-electron chi connectivity index (χ2n) is 7.58. The molecule has 1 aliphatic heterocycles. The second-order valence-corrected chi connectivity index (χ2v) is 7.58. The fraction of sp³-hybridized carbons (Fsp3) is 0.458. The summed E-state index contributed by atoms with van der Waals surface area (Å²) >= 11 is 0. The highest BCUT2D eigenvalue weighted by Crippen LogP contribution is 2.23. The number of hydrogen-bond donors (Lipinski definition) is 0. The molecule has 0 atom stereocenters. The Kier molecular flexibility index (Phi) is 7.05. The minimum Gasteiger partial charge on any atom is -0.339 e. The van der Waals surface area contributed by atoms with Crippen molar-refractivity contribution in [1.29, 1.82) is 0 Å². The summed E-state index contributed by atoms with van der Waals surface area (Å²) in [6.45, 7) is 9.16. The smallest absolute Gasteiger partial charge is 0.253 e. The summed E-state index contributed by atoms with van der Waals surface area (Å²) in [4.78, 5) is 17.2. The summed E-state index contributed by atoms with van der Waals surface area (Å²) in [5, 5.41) is 0. The number of piperidine rings is 1. The Labute approximate surface area is 164 Å². The molecule has 0 unspecified atom stereocenters. The fourth-order valence-electron chi connectivity index (χ4n) is 3.93. The maximum absolute atomic E-state index is 12.8. The molecule has 0 N–H and O–H groups in total. The standard InChI is InChI=1S/C24H32N2O/c1-3-25(4-2)19-22-10-12-23(13-11-22)24(27)26-16-14-21(15-17-26)18-20-8-6-5-7-9-20/h5-13,21H,3-4,14-19H2,1-2H3. The molecular formula is C24H32N2O. The number of rotatable bonds is 7. The number of carbonyl (C=O) groups is 1. The summed E-state index contributed by atoms with van der Waals surface area (Å²) in [6.07, 6.45) is 3.32. The third kappa shape index (κ3) is 5.43. The lowest BCUT2D eigenvalue weighted by Crippen LogP contribution is -2.38. The van der Waals surface area contributed by atoms with Crippen molar-refractivity contribution < 1.29 is 4.79 Å². The van der Waals surface area contributed by atoms with Gasteiger partial charge in [-0.25, -0.2) is 0 Å². The molecule has 27 heavy (non-hydrogen) atoms. The third-order valence-electron chi connectivity index (χ3n) is 5.77. The molecule has 3 nitrogen and oxygen atoms in total. The molecule has 0 saturated carbocycles. The van der Waals surface area contributed by atoms with Gasteiger partial charge in [-0.1, -0.05) is 56.3 Å². The van der Waals surface area contributed by atoms with E-state index < -0.39 is 0 Å². The molecule has 144 valence electrons. The Hall–Kier alpha value is -2.13. The molecular weight excluding hydrogens is 332 g/mol. The molecule has 0 aromatic heterocycles. The van der Waals surface area contributed by atoms with Crippen molar-refractivity contribution in [3.8, 4) is 0 Å². The van der Waals surface area contributed by atoms with E-state index in [9.17, 15) is 4.79 Å². The quantitative estimate of drug-likeness (QED) is 0.715. The van der Waals surface area contributed by atoms with Gasteiger partial charge in [-0.2, -0.15) is 0 Å². The van der Waals surface area contributed by atoms with Crippen LogP contribution in [-0.2, 0) is 13.0 Å². The number of nitrogens with zero attached hydrogens (tertiary/aromatic N) is 2. The highest BCUT2D eigenvalue weighted by atomic mass is 16.2. The summed E-state index contributed by atoms with van der Waals surface area (Å²) in [6, 6.07) is 18.9. The molecule has 2 aromatic carbocycles. The van der Waals surface area contributed by atoms with Gasteiger partial charge >= 0.3 is 0 Å². The Bertz CT molecular complexity index is 699. The zero-order valence-electron chi connectivity index (χ0n) is 16.7. The third-order valence-corrected chi connectivity index (χ3v) is 5.77. The van der Waals surface area contributed by atoms with Gasteiger partial charge in [-0.05, 0) is 61.5 Å². The summed E-state index contributed by atoms with van der Waals surface area (Å²) in [7, 11) is 0. The molecule has 3 rings (SSSR count). The average Bonchev–Trinajstić information content (AvgIpc) is 2.73. The van der Waals surface area contributed by atoms with Crippen LogP contribution in [-0.4, -0.2) is 41.9 Å². The summed E-state index contributed by atoms with van der Waals surface area (Å²) < 4.78 is 0. The summed E-state index contributed by atoms with van der Waals surface area (Å²) in [5.74, 6) is 0.871. The molecule has 3 heteroatoms. The first kappa shape index (κ1) is 19.6. The first-order chi connectivity index (χ1) is 13.2. The van der Waals surface area contributed by atoms with E-state index in [1.54, 1.807) is 0 Å². The SMILES string of the molecule is CCN(CC)Cc1ccc(C(=O)N2CCC(Cc3ccccc3)CC2)cc1. The lowest BCUT2D eigenvalue weighted by atomic mass is 9.90. The van der Waals surface area contributed by atoms with Crippen LogP contribution in [0.3, 0.4) is 0 Å². The zero-order chi connectivity index (χ0) is 19.1. The van der Waals surface area contributed by atoms with Crippen LogP contribution in [0.1, 0.15) is 48.2 Å². The highest BCUT2D eigenvalue weighted by Gasteiger charge is 2.23. The van der Waals surface area contributed by atoms with Crippen molar-refractivity contribution in [2.75, 3.05) is 26.2 Å². The van der Waals surface area contributed by atoms with Gasteiger partial charge in [0.05, 0.1) is 0 Å². The number of carbonyl (C=O) groups excluding carboxylic acids is 1. The van der Waals surface area contributed by atoms with Gasteiger partial charge < -0.3 is 4.90 Å². The van der Waals surface area contributed by atoms with Crippen LogP contribution in [0.4, 0.5) is 0 Å². The maximum atomic E-state index is 12.8. The largest absolute Gasteiger partial charge is 0.339 e. The molecule has 1 saturated heterocycles. The number of likely N-dealkylation sites (tertiary alicyclic amines) is 1. The minimum atomic E-state index is 0.183. The van der Waals surface area contributed by atoms with E-state index in [0.717, 1.165) is 57.5 Å². The lowest BCUT2D eigenvalue weighted by Gasteiger charge is -2.32. The predicted molar refractivity (Wildman–Crippen MR) is 112 cm³/mol. The topological polar surface area (TPSA) is 23.6 Å². The van der Waals surface area contributed by atoms with E-state index >= 15 is 0 Å². The van der Waals surface area contributed by atoms with Crippen molar-refractivity contribution >= 4 is 5.91 Å². The molecule has 0 aliphatic carbocycles. The van der Waals surface area contributed by atoms with Crippen LogP contribution in [0.25, 0.3) is 0 Å². The van der Waals surface area contributed by atoms with Crippen LogP contribution in [0.5, 0.6) is 0 Å². The van der Waals surface area contributed by atoms with Crippen LogP contribution >= 0.6 is 0 Å². The minimum absolute atomic E-state index is 0.183. The van der Waals surface area contributed by atoms with Gasteiger partial charge in [0.2, 0.25) is 0 Å². The van der Waals surface area contributed by atoms with Crippen LogP contribution in [0.2, 0.25) is 0 Å². The molecule has 0 spiro atoms. The number of benzene rings is 2.